The van der Waals surface area contributed by atoms with E-state index < -0.39 is 16.4 Å². The molecule has 0 unspecified atom stereocenters. The maximum atomic E-state index is 12.0. The van der Waals surface area contributed by atoms with Gasteiger partial charge in [-0.05, 0) is 19.9 Å². The summed E-state index contributed by atoms with van der Waals surface area (Å²) in [4.78, 5) is 22.2. The van der Waals surface area contributed by atoms with E-state index in [9.17, 15) is 14.9 Å². The van der Waals surface area contributed by atoms with Crippen molar-refractivity contribution in [3.05, 3.63) is 33.9 Å². The van der Waals surface area contributed by atoms with Crippen LogP contribution in [-0.2, 0) is 0 Å². The van der Waals surface area contributed by atoms with Crippen LogP contribution in [0.25, 0.3) is 0 Å². The van der Waals surface area contributed by atoms with Gasteiger partial charge in [0.1, 0.15) is 5.54 Å². The fourth-order valence-electron chi connectivity index (χ4n) is 1.44. The Morgan fingerprint density at radius 3 is 2.63 bits per heavy atom. The van der Waals surface area contributed by atoms with E-state index in [1.807, 2.05) is 6.07 Å². The second-order valence-corrected chi connectivity index (χ2v) is 4.31. The van der Waals surface area contributed by atoms with Gasteiger partial charge in [-0.25, -0.2) is 0 Å². The number of para-hydroxylation sites is 1. The molecule has 0 saturated carbocycles. The summed E-state index contributed by atoms with van der Waals surface area (Å²) in [7, 11) is 1.24. The van der Waals surface area contributed by atoms with Gasteiger partial charge in [0.15, 0.2) is 0 Å². The number of benzene rings is 1. The quantitative estimate of drug-likeness (QED) is 0.656. The van der Waals surface area contributed by atoms with Crippen LogP contribution in [0.3, 0.4) is 0 Å². The summed E-state index contributed by atoms with van der Waals surface area (Å²) < 4.78 is 4.92. The van der Waals surface area contributed by atoms with E-state index in [0.717, 1.165) is 0 Å². The molecule has 0 atom stereocenters. The first-order valence-electron chi connectivity index (χ1n) is 5.37. The Morgan fingerprint density at radius 1 is 1.53 bits per heavy atom. The predicted octanol–water partition coefficient (Wildman–Crippen LogP) is 1.64. The van der Waals surface area contributed by atoms with Gasteiger partial charge in [0.25, 0.3) is 5.91 Å². The Labute approximate surface area is 109 Å². The Balaban J connectivity index is 3.22. The molecule has 1 aromatic carbocycles. The number of carbonyl (C=O) groups is 1. The Bertz CT molecular complexity index is 561. The summed E-state index contributed by atoms with van der Waals surface area (Å²) in [6.07, 6.45) is 0. The molecule has 0 fully saturated rings. The number of hydrogen-bond donors (Lipinski definition) is 1. The van der Waals surface area contributed by atoms with Crippen molar-refractivity contribution in [2.45, 2.75) is 19.4 Å². The minimum absolute atomic E-state index is 0.0139. The molecule has 0 aromatic heterocycles. The maximum absolute atomic E-state index is 12.0. The van der Waals surface area contributed by atoms with Crippen LogP contribution in [0, 0.1) is 21.4 Å². The third kappa shape index (κ3) is 3.19. The number of carbonyl (C=O) groups excluding carboxylic acids is 1. The number of amides is 1. The molecule has 19 heavy (non-hydrogen) atoms. The van der Waals surface area contributed by atoms with Crippen LogP contribution >= 0.6 is 0 Å². The Kier molecular flexibility index (Phi) is 4.07. The molecular formula is C12H13N3O4. The van der Waals surface area contributed by atoms with E-state index in [0.29, 0.717) is 0 Å². The SMILES string of the molecule is COc1c(C(=O)NC(C)(C)C#N)cccc1[N+](=O)[O-]. The van der Waals surface area contributed by atoms with Crippen molar-refractivity contribution >= 4 is 11.6 Å². The molecule has 0 heterocycles. The third-order valence-electron chi connectivity index (χ3n) is 2.35. The van der Waals surface area contributed by atoms with E-state index in [1.54, 1.807) is 0 Å². The van der Waals surface area contributed by atoms with Gasteiger partial charge in [0, 0.05) is 6.07 Å². The fourth-order valence-corrected chi connectivity index (χ4v) is 1.44. The zero-order valence-electron chi connectivity index (χ0n) is 10.8. The number of nitrogens with zero attached hydrogens (tertiary/aromatic N) is 2. The van der Waals surface area contributed by atoms with Gasteiger partial charge >= 0.3 is 5.69 Å². The molecule has 7 nitrogen and oxygen atoms in total. The molecule has 0 aliphatic carbocycles. The summed E-state index contributed by atoms with van der Waals surface area (Å²) in [5.41, 5.74) is -1.36. The number of methoxy groups -OCH3 is 1. The standard InChI is InChI=1S/C12H13N3O4/c1-12(2,7-13)14-11(16)8-5-4-6-9(15(17)18)10(8)19-3/h4-6H,1-3H3,(H,14,16). The highest BCUT2D eigenvalue weighted by molar-refractivity contribution is 5.98. The number of nitro benzene ring substituents is 1. The molecule has 0 aliphatic rings. The molecule has 1 N–H and O–H groups in total. The fraction of sp³-hybridized carbons (Fsp3) is 0.333. The average molecular weight is 263 g/mol. The largest absolute Gasteiger partial charge is 0.490 e. The predicted molar refractivity (Wildman–Crippen MR) is 66.8 cm³/mol. The van der Waals surface area contributed by atoms with Gasteiger partial charge < -0.3 is 10.1 Å². The van der Waals surface area contributed by atoms with Crippen LogP contribution < -0.4 is 10.1 Å². The number of hydrogen-bond acceptors (Lipinski definition) is 5. The van der Waals surface area contributed by atoms with E-state index >= 15 is 0 Å². The molecule has 1 amide bonds. The summed E-state index contributed by atoms with van der Waals surface area (Å²) in [6.45, 7) is 3.05. The van der Waals surface area contributed by atoms with Crippen molar-refractivity contribution < 1.29 is 14.5 Å². The van der Waals surface area contributed by atoms with Crippen LogP contribution in [0.4, 0.5) is 5.69 Å². The first-order valence-corrected chi connectivity index (χ1v) is 5.37. The smallest absolute Gasteiger partial charge is 0.311 e. The van der Waals surface area contributed by atoms with Crippen LogP contribution in [0.1, 0.15) is 24.2 Å². The van der Waals surface area contributed by atoms with Gasteiger partial charge in [-0.15, -0.1) is 0 Å². The first kappa shape index (κ1) is 14.4. The normalized spacial score (nSPS) is 10.4. The van der Waals surface area contributed by atoms with E-state index in [1.165, 1.54) is 39.2 Å². The lowest BCUT2D eigenvalue weighted by Crippen LogP contribution is -2.42. The molecule has 1 aromatic rings. The first-order chi connectivity index (χ1) is 8.82. The van der Waals surface area contributed by atoms with Crippen LogP contribution in [0.5, 0.6) is 5.75 Å². The minimum atomic E-state index is -1.08. The van der Waals surface area contributed by atoms with E-state index in [2.05, 4.69) is 5.32 Å². The Hall–Kier alpha value is -2.62. The highest BCUT2D eigenvalue weighted by Gasteiger charge is 2.26. The molecule has 100 valence electrons. The number of nitro groups is 1. The second-order valence-electron chi connectivity index (χ2n) is 4.31. The van der Waals surface area contributed by atoms with Gasteiger partial charge in [0.05, 0.1) is 23.7 Å². The molecule has 0 saturated heterocycles. The topological polar surface area (TPSA) is 105 Å². The molecule has 0 aliphatic heterocycles. The van der Waals surface area contributed by atoms with Crippen molar-refractivity contribution in [1.82, 2.24) is 5.32 Å². The van der Waals surface area contributed by atoms with Crippen molar-refractivity contribution in [3.8, 4) is 11.8 Å². The van der Waals surface area contributed by atoms with Crippen molar-refractivity contribution in [2.75, 3.05) is 7.11 Å². The monoisotopic (exact) mass is 263 g/mol. The van der Waals surface area contributed by atoms with Crippen LogP contribution in [0.15, 0.2) is 18.2 Å². The average Bonchev–Trinajstić information content (AvgIpc) is 2.37. The molecular weight excluding hydrogens is 250 g/mol. The molecule has 1 rings (SSSR count). The molecule has 0 radical (unpaired) electrons. The molecule has 0 bridgehead atoms. The summed E-state index contributed by atoms with van der Waals surface area (Å²) in [6, 6.07) is 5.93. The van der Waals surface area contributed by atoms with E-state index in [-0.39, 0.29) is 17.0 Å². The summed E-state index contributed by atoms with van der Waals surface area (Å²) in [5, 5.41) is 22.2. The van der Waals surface area contributed by atoms with Crippen molar-refractivity contribution in [2.24, 2.45) is 0 Å². The highest BCUT2D eigenvalue weighted by Crippen LogP contribution is 2.30. The minimum Gasteiger partial charge on any atom is -0.490 e. The van der Waals surface area contributed by atoms with Gasteiger partial charge in [-0.1, -0.05) is 6.07 Å². The number of ether oxygens (including phenoxy) is 1. The zero-order chi connectivity index (χ0) is 14.6. The van der Waals surface area contributed by atoms with Gasteiger partial charge in [-0.2, -0.15) is 5.26 Å². The van der Waals surface area contributed by atoms with Gasteiger partial charge in [0.2, 0.25) is 5.75 Å². The molecule has 0 spiro atoms. The number of nitrogens with one attached hydrogen (secondary N) is 1. The number of nitriles is 1. The summed E-state index contributed by atoms with van der Waals surface area (Å²) >= 11 is 0. The van der Waals surface area contributed by atoms with E-state index in [4.69, 9.17) is 10.00 Å². The lowest BCUT2D eigenvalue weighted by molar-refractivity contribution is -0.385. The maximum Gasteiger partial charge on any atom is 0.311 e. The second kappa shape index (κ2) is 5.35. The lowest BCUT2D eigenvalue weighted by Gasteiger charge is -2.18. The highest BCUT2D eigenvalue weighted by atomic mass is 16.6. The molecule has 7 heteroatoms. The van der Waals surface area contributed by atoms with Crippen molar-refractivity contribution in [1.29, 1.82) is 5.26 Å². The Morgan fingerprint density at radius 2 is 2.16 bits per heavy atom. The van der Waals surface area contributed by atoms with Crippen molar-refractivity contribution in [3.63, 3.8) is 0 Å². The summed E-state index contributed by atoms with van der Waals surface area (Å²) in [5.74, 6) is -0.731. The zero-order valence-corrected chi connectivity index (χ0v) is 10.8. The third-order valence-corrected chi connectivity index (χ3v) is 2.35. The van der Waals surface area contributed by atoms with Crippen LogP contribution in [-0.4, -0.2) is 23.5 Å². The lowest BCUT2D eigenvalue weighted by atomic mass is 10.1. The number of rotatable bonds is 4. The van der Waals surface area contributed by atoms with Gasteiger partial charge in [-0.3, -0.25) is 14.9 Å². The van der Waals surface area contributed by atoms with Crippen LogP contribution in [0.2, 0.25) is 0 Å².